The molecule has 0 bridgehead atoms. The topological polar surface area (TPSA) is 9.86 Å². The van der Waals surface area contributed by atoms with Crippen molar-refractivity contribution >= 4 is 130 Å². The van der Waals surface area contributed by atoms with Crippen molar-refractivity contribution in [3.63, 3.8) is 0 Å². The van der Waals surface area contributed by atoms with Crippen LogP contribution in [0.5, 0.6) is 0 Å². The summed E-state index contributed by atoms with van der Waals surface area (Å²) in [5.74, 6) is 1.08. The predicted octanol–water partition coefficient (Wildman–Crippen LogP) is 28.6. The third-order valence-corrected chi connectivity index (χ3v) is 22.9. The van der Waals surface area contributed by atoms with Gasteiger partial charge in [-0.25, -0.2) is 0 Å². The molecule has 20 aromatic rings. The van der Waals surface area contributed by atoms with E-state index in [0.29, 0.717) is 11.8 Å². The minimum absolute atomic E-state index is 0.463. The summed E-state index contributed by atoms with van der Waals surface area (Å²) in [7, 11) is 0. The maximum Gasteiger partial charge on any atom is 0.0619 e. The van der Waals surface area contributed by atoms with E-state index in [0.717, 1.165) is 0 Å². The normalized spacial score (nSPS) is 13.0. The molecule has 1 aliphatic rings. The van der Waals surface area contributed by atoms with E-state index >= 15 is 0 Å². The summed E-state index contributed by atoms with van der Waals surface area (Å²) in [4.78, 5) is 0. The second kappa shape index (κ2) is 24.8. The Kier molecular flexibility index (Phi) is 14.6. The van der Waals surface area contributed by atoms with Gasteiger partial charge in [-0.15, -0.1) is 0 Å². The SMILES string of the molecule is CC(C)c1ccc2ccc3c(c2c1)c1ccc2ccccc2c1n3-c1ccc(-c2c3ccccc3c(-c3ccccc3)c3ccccc23)cc1.c1ccc(-c2c3ccccc3c(-c3ccc(-n4c5ccc6ccccc6c5c5cc(C6CCCCC6)c6ccccc6c54)cc3)c3ccccc23)cc1. The van der Waals surface area contributed by atoms with Gasteiger partial charge in [-0.1, -0.05) is 330 Å². The molecular weight excluding hydrogens is 1240 g/mol. The second-order valence-corrected chi connectivity index (χ2v) is 28.9. The van der Waals surface area contributed by atoms with Gasteiger partial charge in [0.2, 0.25) is 0 Å². The molecular formula is C101H74N2. The van der Waals surface area contributed by atoms with E-state index in [1.54, 1.807) is 0 Å². The Labute approximate surface area is 599 Å². The zero-order chi connectivity index (χ0) is 68.2. The lowest BCUT2D eigenvalue weighted by Gasteiger charge is -2.24. The van der Waals surface area contributed by atoms with E-state index in [1.165, 1.54) is 229 Å². The summed E-state index contributed by atoms with van der Waals surface area (Å²) in [5, 5.41) is 26.1. The Bertz CT molecular complexity index is 6650. The molecule has 0 atom stereocenters. The van der Waals surface area contributed by atoms with Crippen LogP contribution in [0.2, 0.25) is 0 Å². The van der Waals surface area contributed by atoms with Gasteiger partial charge in [-0.05, 0) is 198 Å². The van der Waals surface area contributed by atoms with E-state index in [1.807, 2.05) is 0 Å². The third-order valence-electron chi connectivity index (χ3n) is 22.9. The molecule has 2 heteroatoms. The summed E-state index contributed by atoms with van der Waals surface area (Å²) < 4.78 is 5.04. The first-order valence-electron chi connectivity index (χ1n) is 36.9. The van der Waals surface area contributed by atoms with Gasteiger partial charge in [0.1, 0.15) is 0 Å². The molecule has 0 N–H and O–H groups in total. The lowest BCUT2D eigenvalue weighted by molar-refractivity contribution is 0.446. The molecule has 0 saturated heterocycles. The molecule has 2 nitrogen and oxygen atoms in total. The average Bonchev–Trinajstić information content (AvgIpc) is 1.53. The molecule has 0 radical (unpaired) electrons. The lowest BCUT2D eigenvalue weighted by atomic mass is 9.81. The Morgan fingerprint density at radius 2 is 0.602 bits per heavy atom. The molecule has 18 aromatic carbocycles. The first kappa shape index (κ1) is 60.6. The highest BCUT2D eigenvalue weighted by molar-refractivity contribution is 6.29. The molecule has 488 valence electrons. The Balaban J connectivity index is 0.000000138. The van der Waals surface area contributed by atoms with Crippen molar-refractivity contribution in [3.8, 4) is 55.9 Å². The molecule has 21 rings (SSSR count). The smallest absolute Gasteiger partial charge is 0.0619 e. The third kappa shape index (κ3) is 9.83. The van der Waals surface area contributed by atoms with Crippen LogP contribution in [0.1, 0.15) is 68.9 Å². The van der Waals surface area contributed by atoms with E-state index in [4.69, 9.17) is 0 Å². The molecule has 0 spiro atoms. The van der Waals surface area contributed by atoms with Crippen molar-refractivity contribution in [1.82, 2.24) is 9.13 Å². The van der Waals surface area contributed by atoms with Gasteiger partial charge >= 0.3 is 0 Å². The van der Waals surface area contributed by atoms with E-state index in [-0.39, 0.29) is 0 Å². The Morgan fingerprint density at radius 3 is 1.07 bits per heavy atom. The van der Waals surface area contributed by atoms with E-state index < -0.39 is 0 Å². The highest BCUT2D eigenvalue weighted by Gasteiger charge is 2.26. The van der Waals surface area contributed by atoms with Crippen LogP contribution in [0.25, 0.3) is 186 Å². The number of fused-ring (bicyclic) bond motifs is 18. The van der Waals surface area contributed by atoms with Crippen LogP contribution in [0.3, 0.4) is 0 Å². The van der Waals surface area contributed by atoms with E-state index in [2.05, 4.69) is 363 Å². The maximum absolute atomic E-state index is 2.58. The Morgan fingerprint density at radius 1 is 0.252 bits per heavy atom. The van der Waals surface area contributed by atoms with Crippen LogP contribution < -0.4 is 0 Å². The van der Waals surface area contributed by atoms with Gasteiger partial charge in [0, 0.05) is 43.7 Å². The first-order valence-corrected chi connectivity index (χ1v) is 36.9. The quantitative estimate of drug-likeness (QED) is 0.134. The maximum atomic E-state index is 2.58. The van der Waals surface area contributed by atoms with Gasteiger partial charge in [-0.2, -0.15) is 0 Å². The fourth-order valence-electron chi connectivity index (χ4n) is 18.2. The van der Waals surface area contributed by atoms with Crippen LogP contribution in [0, 0.1) is 0 Å². The largest absolute Gasteiger partial charge is 0.309 e. The van der Waals surface area contributed by atoms with Gasteiger partial charge in [0.05, 0.1) is 22.1 Å². The van der Waals surface area contributed by atoms with Crippen molar-refractivity contribution in [2.24, 2.45) is 0 Å². The van der Waals surface area contributed by atoms with Gasteiger partial charge in [0.25, 0.3) is 0 Å². The standard InChI is InChI=1S/C52H39N.C49H35N/c1-3-15-34(16-4-1)46-33-47-51-39-20-8-7-17-35(39)29-32-48(51)53(52(47)45-26-14-9-21-40(45)46)38-30-27-37(28-31-38)50-43-24-12-10-22-41(43)49(36-18-5-2-6-19-36)42-23-11-13-25-44(42)50;1-31(2)36-21-20-33-25-29-45-48(44(33)30-36)43-28-24-32-12-6-7-15-38(32)49(43)50(45)37-26-22-35(23-27-37)47-41-18-10-8-16-39(41)46(34-13-4-3-5-14-34)40-17-9-11-19-42(40)47/h2,5-14,17-34H,1,3-4,15-16H2;3-31H,1-2H3. The number of hydrogen-bond donors (Lipinski definition) is 0. The van der Waals surface area contributed by atoms with Crippen LogP contribution in [-0.2, 0) is 0 Å². The van der Waals surface area contributed by atoms with Gasteiger partial charge in [-0.3, -0.25) is 0 Å². The molecule has 0 unspecified atom stereocenters. The summed E-state index contributed by atoms with van der Waals surface area (Å²) in [6.45, 7) is 4.56. The monoisotopic (exact) mass is 1310 g/mol. The molecule has 2 aromatic heterocycles. The van der Waals surface area contributed by atoms with Crippen LogP contribution >= 0.6 is 0 Å². The van der Waals surface area contributed by atoms with Crippen LogP contribution in [0.4, 0.5) is 0 Å². The molecule has 103 heavy (non-hydrogen) atoms. The van der Waals surface area contributed by atoms with Crippen molar-refractivity contribution in [1.29, 1.82) is 0 Å². The second-order valence-electron chi connectivity index (χ2n) is 28.9. The van der Waals surface area contributed by atoms with Crippen LogP contribution in [-0.4, -0.2) is 9.13 Å². The molecule has 2 heterocycles. The van der Waals surface area contributed by atoms with Gasteiger partial charge in [0.15, 0.2) is 0 Å². The predicted molar refractivity (Wildman–Crippen MR) is 443 cm³/mol. The molecule has 1 fully saturated rings. The summed E-state index contributed by atoms with van der Waals surface area (Å²) in [5.41, 5.74) is 20.4. The number of aromatic nitrogens is 2. The van der Waals surface area contributed by atoms with Crippen molar-refractivity contribution in [2.45, 2.75) is 57.8 Å². The minimum Gasteiger partial charge on any atom is -0.309 e. The Hall–Kier alpha value is -12.4. The van der Waals surface area contributed by atoms with Crippen LogP contribution in [0.15, 0.2) is 340 Å². The fraction of sp³-hybridized carbons (Fsp3) is 0.0891. The average molecular weight is 1320 g/mol. The van der Waals surface area contributed by atoms with Crippen molar-refractivity contribution in [2.75, 3.05) is 0 Å². The summed E-state index contributed by atoms with van der Waals surface area (Å²) in [6, 6.07) is 126. The highest BCUT2D eigenvalue weighted by atomic mass is 15.0. The number of rotatable bonds is 8. The first-order chi connectivity index (χ1) is 51.0. The highest BCUT2D eigenvalue weighted by Crippen LogP contribution is 2.50. The minimum atomic E-state index is 0.463. The summed E-state index contributed by atoms with van der Waals surface area (Å²) >= 11 is 0. The molecule has 1 saturated carbocycles. The fourth-order valence-corrected chi connectivity index (χ4v) is 18.2. The molecule has 0 amide bonds. The number of hydrogen-bond acceptors (Lipinski definition) is 0. The summed E-state index contributed by atoms with van der Waals surface area (Å²) in [6.07, 6.45) is 6.58. The zero-order valence-corrected chi connectivity index (χ0v) is 57.9. The van der Waals surface area contributed by atoms with Crippen molar-refractivity contribution in [3.05, 3.63) is 351 Å². The van der Waals surface area contributed by atoms with E-state index in [9.17, 15) is 0 Å². The molecule has 0 aliphatic heterocycles. The number of benzene rings is 18. The zero-order valence-electron chi connectivity index (χ0n) is 57.9. The number of nitrogens with zero attached hydrogens (tertiary/aromatic N) is 2. The molecule has 1 aliphatic carbocycles. The van der Waals surface area contributed by atoms with Crippen molar-refractivity contribution < 1.29 is 0 Å². The lowest BCUT2D eigenvalue weighted by Crippen LogP contribution is -2.05. The van der Waals surface area contributed by atoms with Gasteiger partial charge < -0.3 is 9.13 Å².